The van der Waals surface area contributed by atoms with Crippen LogP contribution in [0.25, 0.3) is 12.2 Å². The van der Waals surface area contributed by atoms with Crippen LogP contribution in [0.1, 0.15) is 128 Å². The van der Waals surface area contributed by atoms with E-state index in [2.05, 4.69) is 60.9 Å². The van der Waals surface area contributed by atoms with E-state index in [1.54, 1.807) is 0 Å². The minimum absolute atomic E-state index is 0.636. The molecule has 2 aliphatic carbocycles. The van der Waals surface area contributed by atoms with Crippen molar-refractivity contribution in [1.82, 2.24) is 0 Å². The van der Waals surface area contributed by atoms with Gasteiger partial charge in [0.15, 0.2) is 0 Å². The highest BCUT2D eigenvalue weighted by molar-refractivity contribution is 5.79. The summed E-state index contributed by atoms with van der Waals surface area (Å²) in [5.41, 5.74) is 5.37. The average molecular weight is 437 g/mol. The van der Waals surface area contributed by atoms with Crippen molar-refractivity contribution in [3.05, 3.63) is 35.4 Å². The van der Waals surface area contributed by atoms with Crippen LogP contribution in [-0.4, -0.2) is 12.1 Å². The Morgan fingerprint density at radius 2 is 1.09 bits per heavy atom. The van der Waals surface area contributed by atoms with Gasteiger partial charge in [0.25, 0.3) is 0 Å². The highest BCUT2D eigenvalue weighted by Gasteiger charge is 2.19. The normalized spacial score (nSPS) is 17.8. The van der Waals surface area contributed by atoms with E-state index in [-0.39, 0.29) is 0 Å². The van der Waals surface area contributed by atoms with Gasteiger partial charge in [-0.1, -0.05) is 89.5 Å². The number of hydrogen-bond donors (Lipinski definition) is 2. The largest absolute Gasteiger partial charge is 0.382 e. The van der Waals surface area contributed by atoms with Gasteiger partial charge in [-0.2, -0.15) is 0 Å². The van der Waals surface area contributed by atoms with Gasteiger partial charge in [0.05, 0.1) is 0 Å². The van der Waals surface area contributed by atoms with Crippen molar-refractivity contribution in [2.24, 2.45) is 0 Å². The molecule has 0 aliphatic heterocycles. The third-order valence-corrected chi connectivity index (χ3v) is 7.19. The van der Waals surface area contributed by atoms with Crippen molar-refractivity contribution >= 4 is 23.5 Å². The lowest BCUT2D eigenvalue weighted by Gasteiger charge is -2.21. The van der Waals surface area contributed by atoms with E-state index in [0.29, 0.717) is 12.1 Å². The van der Waals surface area contributed by atoms with E-state index < -0.39 is 0 Å². The van der Waals surface area contributed by atoms with Crippen LogP contribution >= 0.6 is 0 Å². The Morgan fingerprint density at radius 1 is 0.656 bits per heavy atom. The Labute approximate surface area is 198 Å². The van der Waals surface area contributed by atoms with Crippen LogP contribution in [0, 0.1) is 0 Å². The third-order valence-electron chi connectivity index (χ3n) is 7.19. The topological polar surface area (TPSA) is 24.1 Å². The number of unbranched alkanes of at least 4 members (excludes halogenated alkanes) is 6. The van der Waals surface area contributed by atoms with Crippen molar-refractivity contribution < 1.29 is 0 Å². The van der Waals surface area contributed by atoms with Gasteiger partial charge < -0.3 is 10.6 Å². The van der Waals surface area contributed by atoms with Gasteiger partial charge in [-0.25, -0.2) is 0 Å². The van der Waals surface area contributed by atoms with Gasteiger partial charge in [0.2, 0.25) is 0 Å². The van der Waals surface area contributed by atoms with E-state index in [4.69, 9.17) is 0 Å². The molecule has 1 aromatic carbocycles. The van der Waals surface area contributed by atoms with E-state index in [0.717, 1.165) is 0 Å². The van der Waals surface area contributed by atoms with Gasteiger partial charge in [-0.15, -0.1) is 0 Å². The molecule has 0 atom stereocenters. The predicted molar refractivity (Wildman–Crippen MR) is 145 cm³/mol. The second-order valence-electron chi connectivity index (χ2n) is 10.1. The van der Waals surface area contributed by atoms with Gasteiger partial charge in [0.1, 0.15) is 0 Å². The molecule has 178 valence electrons. The summed E-state index contributed by atoms with van der Waals surface area (Å²) in [6.07, 6.45) is 30.4. The Morgan fingerprint density at radius 3 is 1.50 bits per heavy atom. The molecule has 0 unspecified atom stereocenters. The number of allylic oxidation sites excluding steroid dienone is 2. The summed E-state index contributed by atoms with van der Waals surface area (Å²) in [6.45, 7) is 4.56. The molecule has 1 aromatic rings. The zero-order chi connectivity index (χ0) is 22.4. The lowest BCUT2D eigenvalue weighted by molar-refractivity contribution is 0.730. The number of benzene rings is 1. The molecule has 0 bridgehead atoms. The molecular formula is C30H48N2. The Bertz CT molecular complexity index is 649. The van der Waals surface area contributed by atoms with Crippen LogP contribution in [0.15, 0.2) is 24.3 Å². The summed E-state index contributed by atoms with van der Waals surface area (Å²) in [7, 11) is 0. The number of nitrogens with one attached hydrogen (secondary N) is 2. The SMILES string of the molecule is CCCCCC=Cc1cc(C=CCCCCC)c(NC2CCCC2)cc1NC1CCCC1. The fraction of sp³-hybridized carbons (Fsp3) is 0.667. The van der Waals surface area contributed by atoms with Crippen LogP contribution in [0.2, 0.25) is 0 Å². The van der Waals surface area contributed by atoms with Crippen molar-refractivity contribution in [3.63, 3.8) is 0 Å². The van der Waals surface area contributed by atoms with Crippen molar-refractivity contribution in [3.8, 4) is 0 Å². The van der Waals surface area contributed by atoms with Crippen molar-refractivity contribution in [1.29, 1.82) is 0 Å². The minimum Gasteiger partial charge on any atom is -0.382 e. The van der Waals surface area contributed by atoms with Gasteiger partial charge in [-0.05, 0) is 74.6 Å². The van der Waals surface area contributed by atoms with Crippen LogP contribution in [0.5, 0.6) is 0 Å². The number of rotatable bonds is 14. The molecule has 0 amide bonds. The van der Waals surface area contributed by atoms with Gasteiger partial charge in [-0.3, -0.25) is 0 Å². The average Bonchev–Trinajstić information content (AvgIpc) is 3.50. The van der Waals surface area contributed by atoms with Gasteiger partial charge >= 0.3 is 0 Å². The van der Waals surface area contributed by atoms with Crippen LogP contribution in [0.3, 0.4) is 0 Å². The van der Waals surface area contributed by atoms with E-state index >= 15 is 0 Å². The predicted octanol–water partition coefficient (Wildman–Crippen LogP) is 9.58. The Hall–Kier alpha value is -1.70. The van der Waals surface area contributed by atoms with E-state index in [9.17, 15) is 0 Å². The van der Waals surface area contributed by atoms with Crippen molar-refractivity contribution in [2.45, 2.75) is 129 Å². The first-order chi connectivity index (χ1) is 15.8. The molecule has 0 radical (unpaired) electrons. The lowest BCUT2D eigenvalue weighted by atomic mass is 10.0. The van der Waals surface area contributed by atoms with Crippen LogP contribution in [0.4, 0.5) is 11.4 Å². The Kier molecular flexibility index (Phi) is 11.3. The smallest absolute Gasteiger partial charge is 0.0436 e. The summed E-state index contributed by atoms with van der Waals surface area (Å²) in [5.74, 6) is 0. The molecular weight excluding hydrogens is 388 g/mol. The molecule has 2 N–H and O–H groups in total. The maximum Gasteiger partial charge on any atom is 0.0436 e. The molecule has 2 heteroatoms. The molecule has 0 aromatic heterocycles. The summed E-state index contributed by atoms with van der Waals surface area (Å²) in [6, 6.07) is 6.13. The van der Waals surface area contributed by atoms with Crippen LogP contribution in [-0.2, 0) is 0 Å². The first kappa shape index (κ1) is 24.9. The maximum absolute atomic E-state index is 3.92. The van der Waals surface area contributed by atoms with Crippen LogP contribution < -0.4 is 10.6 Å². The molecule has 0 saturated heterocycles. The zero-order valence-electron chi connectivity index (χ0n) is 20.9. The molecule has 2 aliphatic rings. The monoisotopic (exact) mass is 436 g/mol. The quantitative estimate of drug-likeness (QED) is 0.284. The molecule has 32 heavy (non-hydrogen) atoms. The first-order valence-corrected chi connectivity index (χ1v) is 13.8. The molecule has 3 rings (SSSR count). The second-order valence-corrected chi connectivity index (χ2v) is 10.1. The van der Waals surface area contributed by atoms with E-state index in [1.165, 1.54) is 125 Å². The lowest BCUT2D eigenvalue weighted by Crippen LogP contribution is -2.18. The maximum atomic E-state index is 3.92. The fourth-order valence-electron chi connectivity index (χ4n) is 5.18. The molecule has 2 nitrogen and oxygen atoms in total. The molecule has 2 saturated carbocycles. The highest BCUT2D eigenvalue weighted by atomic mass is 15.0. The first-order valence-electron chi connectivity index (χ1n) is 13.8. The van der Waals surface area contributed by atoms with Crippen molar-refractivity contribution in [2.75, 3.05) is 10.6 Å². The summed E-state index contributed by atoms with van der Waals surface area (Å²) >= 11 is 0. The number of hydrogen-bond acceptors (Lipinski definition) is 2. The number of anilines is 2. The molecule has 0 spiro atoms. The Balaban J connectivity index is 1.83. The van der Waals surface area contributed by atoms with Gasteiger partial charge in [0, 0.05) is 23.5 Å². The summed E-state index contributed by atoms with van der Waals surface area (Å²) in [4.78, 5) is 0. The molecule has 0 heterocycles. The standard InChI is InChI=1S/C30H48N2/c1-3-5-7-9-11-17-25-23-26(18-12-10-8-6-4-2)30(32-28-21-15-16-22-28)24-29(25)31-27-19-13-14-20-27/h11-12,17-18,23-24,27-28,31-32H,3-10,13-16,19-22H2,1-2H3. The molecule has 2 fully saturated rings. The summed E-state index contributed by atoms with van der Waals surface area (Å²) < 4.78 is 0. The second kappa shape index (κ2) is 14.4. The fourth-order valence-corrected chi connectivity index (χ4v) is 5.18. The van der Waals surface area contributed by atoms with E-state index in [1.807, 2.05) is 0 Å². The third kappa shape index (κ3) is 8.34. The summed E-state index contributed by atoms with van der Waals surface area (Å²) in [5, 5.41) is 7.85. The zero-order valence-corrected chi connectivity index (χ0v) is 20.9. The minimum atomic E-state index is 0.636. The highest BCUT2D eigenvalue weighted by Crippen LogP contribution is 2.33.